The molecular weight excluding hydrogens is 430 g/mol. The lowest BCUT2D eigenvalue weighted by atomic mass is 9.95. The normalized spacial score (nSPS) is 16.2. The van der Waals surface area contributed by atoms with Gasteiger partial charge in [0.2, 0.25) is 15.9 Å². The first-order chi connectivity index (χ1) is 15.3. The fourth-order valence-corrected chi connectivity index (χ4v) is 5.31. The highest BCUT2D eigenvalue weighted by Crippen LogP contribution is 2.30. The minimum absolute atomic E-state index is 0.0550. The van der Waals surface area contributed by atoms with Gasteiger partial charge in [-0.2, -0.15) is 4.31 Å². The number of non-ortho nitro benzene ring substituents is 1. The average Bonchev–Trinajstić information content (AvgIpc) is 2.78. The number of nitro groups is 1. The quantitative estimate of drug-likeness (QED) is 0.470. The van der Waals surface area contributed by atoms with Gasteiger partial charge in [0.1, 0.15) is 6.04 Å². The van der Waals surface area contributed by atoms with E-state index in [-0.39, 0.29) is 29.2 Å². The first-order valence-electron chi connectivity index (χ1n) is 9.96. The van der Waals surface area contributed by atoms with E-state index >= 15 is 0 Å². The molecule has 1 unspecified atom stereocenters. The number of nitrogens with one attached hydrogen (secondary N) is 1. The molecule has 0 fully saturated rings. The highest BCUT2D eigenvalue weighted by Gasteiger charge is 2.39. The largest absolute Gasteiger partial charge is 0.324 e. The molecule has 0 saturated heterocycles. The molecule has 0 bridgehead atoms. The molecule has 0 aliphatic carbocycles. The maximum Gasteiger partial charge on any atom is 0.271 e. The van der Waals surface area contributed by atoms with Crippen molar-refractivity contribution in [1.82, 2.24) is 4.31 Å². The van der Waals surface area contributed by atoms with Crippen LogP contribution in [-0.4, -0.2) is 29.6 Å². The molecule has 0 radical (unpaired) electrons. The van der Waals surface area contributed by atoms with E-state index in [9.17, 15) is 23.3 Å². The Balaban J connectivity index is 1.70. The number of sulfonamides is 1. The minimum atomic E-state index is -3.97. The summed E-state index contributed by atoms with van der Waals surface area (Å²) in [5.41, 5.74) is 2.72. The summed E-state index contributed by atoms with van der Waals surface area (Å²) < 4.78 is 28.2. The molecule has 1 heterocycles. The van der Waals surface area contributed by atoms with Gasteiger partial charge < -0.3 is 5.32 Å². The Hall–Kier alpha value is -3.56. The van der Waals surface area contributed by atoms with Crippen molar-refractivity contribution in [2.75, 3.05) is 5.32 Å². The Morgan fingerprint density at radius 2 is 1.72 bits per heavy atom. The van der Waals surface area contributed by atoms with E-state index in [0.717, 1.165) is 16.7 Å². The summed E-state index contributed by atoms with van der Waals surface area (Å²) in [6, 6.07) is 18.4. The maximum atomic E-state index is 13.5. The first-order valence-corrected chi connectivity index (χ1v) is 11.4. The van der Waals surface area contributed by atoms with Crippen LogP contribution < -0.4 is 5.32 Å². The predicted octanol–water partition coefficient (Wildman–Crippen LogP) is 3.66. The van der Waals surface area contributed by atoms with E-state index in [0.29, 0.717) is 0 Å². The number of fused-ring (bicyclic) bond motifs is 1. The summed E-state index contributed by atoms with van der Waals surface area (Å²) in [6.07, 6.45) is 0.196. The van der Waals surface area contributed by atoms with Gasteiger partial charge in [0.25, 0.3) is 5.69 Å². The number of rotatable bonds is 5. The van der Waals surface area contributed by atoms with E-state index in [1.807, 2.05) is 31.2 Å². The summed E-state index contributed by atoms with van der Waals surface area (Å²) in [5.74, 6) is -0.546. The van der Waals surface area contributed by atoms with Gasteiger partial charge in [-0.05, 0) is 42.7 Å². The molecule has 164 valence electrons. The Morgan fingerprint density at radius 3 is 2.41 bits per heavy atom. The number of hydrogen-bond donors (Lipinski definition) is 1. The molecule has 3 aromatic rings. The van der Waals surface area contributed by atoms with Crippen molar-refractivity contribution < 1.29 is 18.1 Å². The van der Waals surface area contributed by atoms with Gasteiger partial charge in [-0.25, -0.2) is 8.42 Å². The van der Waals surface area contributed by atoms with Crippen LogP contribution in [0.4, 0.5) is 11.4 Å². The molecule has 4 rings (SSSR count). The number of nitrogens with zero attached hydrogens (tertiary/aromatic N) is 2. The minimum Gasteiger partial charge on any atom is -0.324 e. The highest BCUT2D eigenvalue weighted by molar-refractivity contribution is 7.89. The SMILES string of the molecule is Cc1ccc(S(=O)(=O)N2Cc3ccccc3CC2C(=O)Nc2cccc([N+](=O)[O-])c2)cc1. The van der Waals surface area contributed by atoms with Crippen LogP contribution >= 0.6 is 0 Å². The van der Waals surface area contributed by atoms with Crippen molar-refractivity contribution in [3.63, 3.8) is 0 Å². The van der Waals surface area contributed by atoms with Crippen LogP contribution in [-0.2, 0) is 27.8 Å². The molecule has 1 aliphatic rings. The Labute approximate surface area is 185 Å². The maximum absolute atomic E-state index is 13.5. The molecule has 8 nitrogen and oxygen atoms in total. The average molecular weight is 452 g/mol. The molecule has 3 aromatic carbocycles. The summed E-state index contributed by atoms with van der Waals surface area (Å²) in [6.45, 7) is 1.92. The van der Waals surface area contributed by atoms with Crippen molar-refractivity contribution in [2.45, 2.75) is 30.8 Å². The molecule has 32 heavy (non-hydrogen) atoms. The zero-order valence-electron chi connectivity index (χ0n) is 17.3. The smallest absolute Gasteiger partial charge is 0.271 e. The number of hydrogen-bond acceptors (Lipinski definition) is 5. The summed E-state index contributed by atoms with van der Waals surface area (Å²) in [7, 11) is -3.97. The fourth-order valence-electron chi connectivity index (χ4n) is 3.74. The second-order valence-corrected chi connectivity index (χ2v) is 9.54. The first kappa shape index (κ1) is 21.7. The van der Waals surface area contributed by atoms with Gasteiger partial charge in [0.05, 0.1) is 9.82 Å². The number of amides is 1. The van der Waals surface area contributed by atoms with E-state index in [1.165, 1.54) is 40.7 Å². The van der Waals surface area contributed by atoms with Gasteiger partial charge in [0.15, 0.2) is 0 Å². The molecule has 0 saturated carbocycles. The van der Waals surface area contributed by atoms with Crippen LogP contribution in [0.2, 0.25) is 0 Å². The van der Waals surface area contributed by atoms with Crippen molar-refractivity contribution in [1.29, 1.82) is 0 Å². The van der Waals surface area contributed by atoms with Crippen molar-refractivity contribution in [2.24, 2.45) is 0 Å². The van der Waals surface area contributed by atoms with Crippen molar-refractivity contribution >= 4 is 27.3 Å². The van der Waals surface area contributed by atoms with Crippen LogP contribution in [0.15, 0.2) is 77.7 Å². The van der Waals surface area contributed by atoms with Crippen LogP contribution in [0, 0.1) is 17.0 Å². The Kier molecular flexibility index (Phi) is 5.77. The lowest BCUT2D eigenvalue weighted by Crippen LogP contribution is -2.50. The van der Waals surface area contributed by atoms with Crippen LogP contribution in [0.25, 0.3) is 0 Å². The molecule has 0 aromatic heterocycles. The second-order valence-electron chi connectivity index (χ2n) is 7.65. The number of carbonyl (C=O) groups is 1. The van der Waals surface area contributed by atoms with Gasteiger partial charge in [0, 0.05) is 24.4 Å². The van der Waals surface area contributed by atoms with E-state index in [4.69, 9.17) is 0 Å². The summed E-state index contributed by atoms with van der Waals surface area (Å²) in [5, 5.41) is 13.7. The predicted molar refractivity (Wildman–Crippen MR) is 120 cm³/mol. The van der Waals surface area contributed by atoms with Crippen molar-refractivity contribution in [3.8, 4) is 0 Å². The molecule has 1 N–H and O–H groups in total. The lowest BCUT2D eigenvalue weighted by Gasteiger charge is -2.35. The molecule has 9 heteroatoms. The van der Waals surface area contributed by atoms with E-state index in [2.05, 4.69) is 5.32 Å². The van der Waals surface area contributed by atoms with Gasteiger partial charge >= 0.3 is 0 Å². The lowest BCUT2D eigenvalue weighted by molar-refractivity contribution is -0.384. The number of anilines is 1. The standard InChI is InChI=1S/C23H21N3O5S/c1-16-9-11-21(12-10-16)32(30,31)25-15-18-6-3-2-5-17(18)13-22(25)23(27)24-19-7-4-8-20(14-19)26(28)29/h2-12,14,22H,13,15H2,1H3,(H,24,27). The number of benzene rings is 3. The second kappa shape index (κ2) is 8.52. The zero-order valence-corrected chi connectivity index (χ0v) is 18.1. The summed E-state index contributed by atoms with van der Waals surface area (Å²) >= 11 is 0. The Bertz CT molecular complexity index is 1290. The van der Waals surface area contributed by atoms with Gasteiger partial charge in [-0.15, -0.1) is 0 Å². The van der Waals surface area contributed by atoms with Crippen LogP contribution in [0.5, 0.6) is 0 Å². The number of aryl methyl sites for hydroxylation is 1. The number of carbonyl (C=O) groups excluding carboxylic acids is 1. The molecular formula is C23H21N3O5S. The molecule has 1 amide bonds. The third kappa shape index (κ3) is 4.25. The van der Waals surface area contributed by atoms with E-state index < -0.39 is 26.9 Å². The van der Waals surface area contributed by atoms with Crippen LogP contribution in [0.1, 0.15) is 16.7 Å². The molecule has 1 atom stereocenters. The molecule has 0 spiro atoms. The van der Waals surface area contributed by atoms with Gasteiger partial charge in [-0.3, -0.25) is 14.9 Å². The van der Waals surface area contributed by atoms with Crippen LogP contribution in [0.3, 0.4) is 0 Å². The zero-order chi connectivity index (χ0) is 22.9. The highest BCUT2D eigenvalue weighted by atomic mass is 32.2. The number of nitro benzene ring substituents is 1. The van der Waals surface area contributed by atoms with E-state index in [1.54, 1.807) is 12.1 Å². The third-order valence-corrected chi connectivity index (χ3v) is 7.33. The fraction of sp³-hybridized carbons (Fsp3) is 0.174. The summed E-state index contributed by atoms with van der Waals surface area (Å²) in [4.78, 5) is 23.8. The monoisotopic (exact) mass is 451 g/mol. The van der Waals surface area contributed by atoms with Crippen molar-refractivity contribution in [3.05, 3.63) is 99.6 Å². The Morgan fingerprint density at radius 1 is 1.03 bits per heavy atom. The topological polar surface area (TPSA) is 110 Å². The molecule has 1 aliphatic heterocycles. The van der Waals surface area contributed by atoms with Gasteiger partial charge in [-0.1, -0.05) is 48.0 Å². The third-order valence-electron chi connectivity index (χ3n) is 5.46.